The number of benzene rings is 2. The van der Waals surface area contributed by atoms with Gasteiger partial charge in [-0.15, -0.1) is 0 Å². The molecule has 0 saturated heterocycles. The van der Waals surface area contributed by atoms with Gasteiger partial charge in [0.15, 0.2) is 0 Å². The fourth-order valence-electron chi connectivity index (χ4n) is 3.37. The third-order valence-electron chi connectivity index (χ3n) is 5.16. The van der Waals surface area contributed by atoms with Crippen LogP contribution in [0.5, 0.6) is 0 Å². The van der Waals surface area contributed by atoms with Crippen molar-refractivity contribution in [1.29, 1.82) is 0 Å². The molecule has 9 heteroatoms. The number of aryl methyl sites for hydroxylation is 1. The third-order valence-corrected chi connectivity index (χ3v) is 6.98. The molecule has 0 aromatic heterocycles. The molecule has 1 N–H and O–H groups in total. The highest BCUT2D eigenvalue weighted by Crippen LogP contribution is 2.20. The van der Waals surface area contributed by atoms with Crippen molar-refractivity contribution in [2.24, 2.45) is 0 Å². The maximum absolute atomic E-state index is 13.6. The van der Waals surface area contributed by atoms with E-state index >= 15 is 0 Å². The summed E-state index contributed by atoms with van der Waals surface area (Å²) in [5, 5.41) is 2.91. The number of carbonyl (C=O) groups excluding carboxylic acids is 2. The minimum atomic E-state index is -3.96. The monoisotopic (exact) mass is 488 g/mol. The number of carbonyl (C=O) groups is 2. The molecule has 2 aromatic carbocycles. The summed E-state index contributed by atoms with van der Waals surface area (Å²) in [6.45, 7) is 8.93. The Labute approximate surface area is 203 Å². The summed E-state index contributed by atoms with van der Waals surface area (Å²) in [5.74, 6) is -0.789. The molecule has 0 fully saturated rings. The summed E-state index contributed by atoms with van der Waals surface area (Å²) in [4.78, 5) is 28.0. The number of nitrogens with one attached hydrogen (secondary N) is 1. The summed E-state index contributed by atoms with van der Waals surface area (Å²) < 4.78 is 28.3. The molecule has 2 aromatic rings. The van der Waals surface area contributed by atoms with E-state index in [0.29, 0.717) is 5.69 Å². The number of nitrogens with zero attached hydrogens (tertiary/aromatic N) is 3. The lowest BCUT2D eigenvalue weighted by Crippen LogP contribution is -2.54. The molecular formula is C25H36N4O4S. The Morgan fingerprint density at radius 3 is 2.15 bits per heavy atom. The second-order valence-corrected chi connectivity index (χ2v) is 11.6. The van der Waals surface area contributed by atoms with E-state index in [4.69, 9.17) is 0 Å². The van der Waals surface area contributed by atoms with Crippen LogP contribution in [0.1, 0.15) is 38.8 Å². The van der Waals surface area contributed by atoms with Crippen molar-refractivity contribution in [1.82, 2.24) is 14.5 Å². The zero-order chi connectivity index (χ0) is 25.7. The first kappa shape index (κ1) is 27.3. The number of anilines is 1. The lowest BCUT2D eigenvalue weighted by Gasteiger charge is -2.34. The molecule has 0 radical (unpaired) electrons. The van der Waals surface area contributed by atoms with Crippen LogP contribution in [-0.2, 0) is 26.3 Å². The van der Waals surface area contributed by atoms with Gasteiger partial charge in [0, 0.05) is 26.2 Å². The molecule has 0 bridgehead atoms. The fourth-order valence-corrected chi connectivity index (χ4v) is 4.43. The van der Waals surface area contributed by atoms with Gasteiger partial charge in [0.05, 0.1) is 5.69 Å². The van der Waals surface area contributed by atoms with E-state index in [-0.39, 0.29) is 12.5 Å². The predicted molar refractivity (Wildman–Crippen MR) is 135 cm³/mol. The summed E-state index contributed by atoms with van der Waals surface area (Å²) in [6, 6.07) is 15.3. The van der Waals surface area contributed by atoms with Gasteiger partial charge in [-0.1, -0.05) is 48.0 Å². The first-order valence-electron chi connectivity index (χ1n) is 11.1. The zero-order valence-corrected chi connectivity index (χ0v) is 21.9. The van der Waals surface area contributed by atoms with Crippen LogP contribution in [0, 0.1) is 6.92 Å². The molecule has 0 heterocycles. The molecular weight excluding hydrogens is 452 g/mol. The van der Waals surface area contributed by atoms with E-state index in [1.807, 2.05) is 52.0 Å². The van der Waals surface area contributed by atoms with E-state index in [1.54, 1.807) is 37.3 Å². The molecule has 0 spiro atoms. The molecule has 186 valence electrons. The van der Waals surface area contributed by atoms with Crippen molar-refractivity contribution >= 4 is 27.7 Å². The van der Waals surface area contributed by atoms with Crippen LogP contribution in [-0.4, -0.2) is 61.7 Å². The van der Waals surface area contributed by atoms with Crippen molar-refractivity contribution in [2.45, 2.75) is 52.7 Å². The van der Waals surface area contributed by atoms with Gasteiger partial charge in [0.1, 0.15) is 12.6 Å². The van der Waals surface area contributed by atoms with Gasteiger partial charge in [0.2, 0.25) is 11.8 Å². The highest BCUT2D eigenvalue weighted by Gasteiger charge is 2.33. The molecule has 0 aliphatic heterocycles. The summed E-state index contributed by atoms with van der Waals surface area (Å²) >= 11 is 0. The van der Waals surface area contributed by atoms with Crippen LogP contribution in [0.2, 0.25) is 0 Å². The lowest BCUT2D eigenvalue weighted by molar-refractivity contribution is -0.140. The quantitative estimate of drug-likeness (QED) is 0.588. The standard InChI is InChI=1S/C25H36N4O4S/c1-19-12-11-13-21(16-19)17-28(20(2)24(31)26-25(3,4)5)23(30)18-29(34(32,33)27(6)7)22-14-9-8-10-15-22/h8-16,20H,17-18H2,1-7H3,(H,26,31)/t20-/m0/s1. The Bertz CT molecular complexity index is 1100. The van der Waals surface area contributed by atoms with Gasteiger partial charge < -0.3 is 10.2 Å². The average molecular weight is 489 g/mol. The van der Waals surface area contributed by atoms with E-state index in [0.717, 1.165) is 19.7 Å². The van der Waals surface area contributed by atoms with Gasteiger partial charge in [0.25, 0.3) is 0 Å². The number of hydrogen-bond acceptors (Lipinski definition) is 4. The van der Waals surface area contributed by atoms with E-state index in [9.17, 15) is 18.0 Å². The fraction of sp³-hybridized carbons (Fsp3) is 0.440. The van der Waals surface area contributed by atoms with E-state index < -0.39 is 34.2 Å². The number of para-hydroxylation sites is 1. The average Bonchev–Trinajstić information content (AvgIpc) is 2.74. The molecule has 1 atom stereocenters. The van der Waals surface area contributed by atoms with Crippen LogP contribution in [0.25, 0.3) is 0 Å². The summed E-state index contributed by atoms with van der Waals surface area (Å²) in [7, 11) is -1.12. The Morgan fingerprint density at radius 1 is 1.00 bits per heavy atom. The van der Waals surface area contributed by atoms with E-state index in [2.05, 4.69) is 5.32 Å². The minimum Gasteiger partial charge on any atom is -0.350 e. The first-order chi connectivity index (χ1) is 15.7. The molecule has 8 nitrogen and oxygen atoms in total. The molecule has 0 unspecified atom stereocenters. The van der Waals surface area contributed by atoms with Gasteiger partial charge in [-0.05, 0) is 52.3 Å². The van der Waals surface area contributed by atoms with Crippen molar-refractivity contribution in [3.63, 3.8) is 0 Å². The maximum Gasteiger partial charge on any atom is 0.304 e. The van der Waals surface area contributed by atoms with Crippen molar-refractivity contribution in [3.05, 3.63) is 65.7 Å². The van der Waals surface area contributed by atoms with Crippen LogP contribution in [0.3, 0.4) is 0 Å². The van der Waals surface area contributed by atoms with Crippen LogP contribution in [0.15, 0.2) is 54.6 Å². The Morgan fingerprint density at radius 2 is 1.62 bits per heavy atom. The summed E-state index contributed by atoms with van der Waals surface area (Å²) in [6.07, 6.45) is 0. The molecule has 34 heavy (non-hydrogen) atoms. The lowest BCUT2D eigenvalue weighted by atomic mass is 10.1. The van der Waals surface area contributed by atoms with Gasteiger partial charge in [-0.3, -0.25) is 9.59 Å². The zero-order valence-electron chi connectivity index (χ0n) is 21.1. The SMILES string of the molecule is Cc1cccc(CN(C(=O)CN(c2ccccc2)S(=O)(=O)N(C)C)[C@@H](C)C(=O)NC(C)(C)C)c1. The molecule has 0 aliphatic carbocycles. The van der Waals surface area contributed by atoms with Crippen molar-refractivity contribution in [3.8, 4) is 0 Å². The van der Waals surface area contributed by atoms with Gasteiger partial charge in [-0.25, -0.2) is 4.31 Å². The van der Waals surface area contributed by atoms with Crippen LogP contribution < -0.4 is 9.62 Å². The van der Waals surface area contributed by atoms with Crippen molar-refractivity contribution < 1.29 is 18.0 Å². The second kappa shape index (κ2) is 11.0. The Kier molecular flexibility index (Phi) is 8.85. The Balaban J connectivity index is 2.44. The molecule has 2 amide bonds. The molecule has 0 aliphatic rings. The number of hydrogen-bond donors (Lipinski definition) is 1. The third kappa shape index (κ3) is 7.30. The highest BCUT2D eigenvalue weighted by molar-refractivity contribution is 7.90. The molecule has 0 saturated carbocycles. The van der Waals surface area contributed by atoms with Gasteiger partial charge in [-0.2, -0.15) is 12.7 Å². The number of amides is 2. The molecule has 2 rings (SSSR count). The Hall–Kier alpha value is -2.91. The van der Waals surface area contributed by atoms with Gasteiger partial charge >= 0.3 is 10.2 Å². The summed E-state index contributed by atoms with van der Waals surface area (Å²) in [5.41, 5.74) is 1.77. The number of rotatable bonds is 9. The smallest absolute Gasteiger partial charge is 0.304 e. The predicted octanol–water partition coefficient (Wildman–Crippen LogP) is 2.94. The van der Waals surface area contributed by atoms with E-state index in [1.165, 1.54) is 19.0 Å². The minimum absolute atomic E-state index is 0.171. The highest BCUT2D eigenvalue weighted by atomic mass is 32.2. The van der Waals surface area contributed by atoms with Crippen LogP contribution >= 0.6 is 0 Å². The topological polar surface area (TPSA) is 90.0 Å². The van der Waals surface area contributed by atoms with Crippen molar-refractivity contribution in [2.75, 3.05) is 24.9 Å². The maximum atomic E-state index is 13.6. The first-order valence-corrected chi connectivity index (χ1v) is 12.5. The normalized spacial score (nSPS) is 12.8. The van der Waals surface area contributed by atoms with Crippen LogP contribution in [0.4, 0.5) is 5.69 Å². The second-order valence-electron chi connectivity index (χ2n) is 9.56. The largest absolute Gasteiger partial charge is 0.350 e.